The van der Waals surface area contributed by atoms with Gasteiger partial charge < -0.3 is 10.2 Å². The minimum absolute atomic E-state index is 0.136. The van der Waals surface area contributed by atoms with Crippen molar-refractivity contribution in [2.45, 2.75) is 12.5 Å². The highest BCUT2D eigenvalue weighted by Crippen LogP contribution is 2.25. The van der Waals surface area contributed by atoms with Crippen LogP contribution in [0.1, 0.15) is 6.42 Å². The molecule has 1 heterocycles. The summed E-state index contributed by atoms with van der Waals surface area (Å²) in [6, 6.07) is 1.78. The summed E-state index contributed by atoms with van der Waals surface area (Å²) in [6.07, 6.45) is 0.870. The predicted octanol–water partition coefficient (Wildman–Crippen LogP) is 1.90. The van der Waals surface area contributed by atoms with Crippen molar-refractivity contribution in [3.63, 3.8) is 0 Å². The van der Waals surface area contributed by atoms with E-state index in [1.165, 1.54) is 0 Å². The first-order valence-corrected chi connectivity index (χ1v) is 5.18. The zero-order valence-corrected chi connectivity index (χ0v) is 8.93. The molecule has 1 aromatic carbocycles. The second-order valence-corrected chi connectivity index (χ2v) is 3.94. The molecule has 0 amide bonds. The maximum atomic E-state index is 13.4. The molecule has 2 rings (SSSR count). The van der Waals surface area contributed by atoms with E-state index < -0.39 is 17.5 Å². The highest BCUT2D eigenvalue weighted by Gasteiger charge is 2.24. The fraction of sp³-hybridized carbons (Fsp3) is 0.455. The van der Waals surface area contributed by atoms with Gasteiger partial charge in [0.2, 0.25) is 0 Å². The Balaban J connectivity index is 2.24. The van der Waals surface area contributed by atoms with E-state index in [0.717, 1.165) is 12.5 Å². The van der Waals surface area contributed by atoms with Crippen molar-refractivity contribution in [3.8, 4) is 0 Å². The lowest BCUT2D eigenvalue weighted by Gasteiger charge is -2.19. The number of rotatable bonds is 2. The van der Waals surface area contributed by atoms with Crippen molar-refractivity contribution in [1.29, 1.82) is 0 Å². The lowest BCUT2D eigenvalue weighted by Crippen LogP contribution is -2.29. The van der Waals surface area contributed by atoms with Gasteiger partial charge in [0.25, 0.3) is 0 Å². The number of halogens is 3. The van der Waals surface area contributed by atoms with Crippen LogP contribution < -0.4 is 10.2 Å². The van der Waals surface area contributed by atoms with Crippen LogP contribution in [0, 0.1) is 17.5 Å². The van der Waals surface area contributed by atoms with Gasteiger partial charge in [-0.15, -0.1) is 0 Å². The van der Waals surface area contributed by atoms with Crippen LogP contribution in [-0.2, 0) is 0 Å². The van der Waals surface area contributed by atoms with E-state index in [1.54, 1.807) is 4.90 Å². The second kappa shape index (κ2) is 4.33. The molecule has 88 valence electrons. The van der Waals surface area contributed by atoms with Crippen LogP contribution in [0.4, 0.5) is 18.9 Å². The van der Waals surface area contributed by atoms with Crippen LogP contribution in [0.5, 0.6) is 0 Å². The third-order valence-electron chi connectivity index (χ3n) is 2.93. The van der Waals surface area contributed by atoms with Gasteiger partial charge in [-0.2, -0.15) is 0 Å². The van der Waals surface area contributed by atoms with E-state index in [1.807, 2.05) is 7.05 Å². The second-order valence-electron chi connectivity index (χ2n) is 3.94. The van der Waals surface area contributed by atoms with Crippen LogP contribution in [0.3, 0.4) is 0 Å². The summed E-state index contributed by atoms with van der Waals surface area (Å²) < 4.78 is 39.2. The number of benzene rings is 1. The minimum Gasteiger partial charge on any atom is -0.367 e. The van der Waals surface area contributed by atoms with Crippen molar-refractivity contribution in [2.24, 2.45) is 0 Å². The van der Waals surface area contributed by atoms with Gasteiger partial charge in [0.15, 0.2) is 11.6 Å². The fourth-order valence-electron chi connectivity index (χ4n) is 1.97. The summed E-state index contributed by atoms with van der Waals surface area (Å²) in [7, 11) is 1.83. The Morgan fingerprint density at radius 1 is 1.19 bits per heavy atom. The monoisotopic (exact) mass is 230 g/mol. The quantitative estimate of drug-likeness (QED) is 0.781. The lowest BCUT2D eigenvalue weighted by molar-refractivity contribution is 0.494. The van der Waals surface area contributed by atoms with Gasteiger partial charge in [-0.3, -0.25) is 0 Å². The van der Waals surface area contributed by atoms with Crippen LogP contribution in [0.15, 0.2) is 12.1 Å². The van der Waals surface area contributed by atoms with Gasteiger partial charge in [-0.1, -0.05) is 0 Å². The van der Waals surface area contributed by atoms with E-state index >= 15 is 0 Å². The summed E-state index contributed by atoms with van der Waals surface area (Å²) in [6.45, 7) is 1.26. The smallest absolute Gasteiger partial charge is 0.161 e. The maximum absolute atomic E-state index is 13.4. The molecular formula is C11H13F3N2. The molecule has 16 heavy (non-hydrogen) atoms. The van der Waals surface area contributed by atoms with Gasteiger partial charge in [0.1, 0.15) is 5.82 Å². The Hall–Kier alpha value is -1.23. The zero-order valence-electron chi connectivity index (χ0n) is 8.93. The highest BCUT2D eigenvalue weighted by molar-refractivity contribution is 5.49. The minimum atomic E-state index is -1.15. The summed E-state index contributed by atoms with van der Waals surface area (Å²) in [5.74, 6) is -2.87. The van der Waals surface area contributed by atoms with Gasteiger partial charge in [-0.05, 0) is 13.5 Å². The maximum Gasteiger partial charge on any atom is 0.161 e. The van der Waals surface area contributed by atoms with Crippen molar-refractivity contribution in [3.05, 3.63) is 29.6 Å². The Bertz CT molecular complexity index is 395. The number of likely N-dealkylation sites (N-methyl/N-ethyl adjacent to an activating group) is 1. The zero-order chi connectivity index (χ0) is 11.7. The normalized spacial score (nSPS) is 20.5. The summed E-state index contributed by atoms with van der Waals surface area (Å²) in [5.41, 5.74) is 0.136. The molecule has 1 aliphatic heterocycles. The molecular weight excluding hydrogens is 217 g/mol. The lowest BCUT2D eigenvalue weighted by atomic mass is 10.2. The summed E-state index contributed by atoms with van der Waals surface area (Å²) in [5, 5.41) is 3.08. The number of hydrogen-bond acceptors (Lipinski definition) is 2. The molecule has 1 fully saturated rings. The molecule has 1 saturated heterocycles. The third kappa shape index (κ3) is 2.00. The first-order chi connectivity index (χ1) is 7.61. The molecule has 0 spiro atoms. The molecule has 1 aromatic rings. The number of hydrogen-bond donors (Lipinski definition) is 1. The number of nitrogens with zero attached hydrogens (tertiary/aromatic N) is 1. The largest absolute Gasteiger partial charge is 0.367 e. The van der Waals surface area contributed by atoms with Crippen molar-refractivity contribution in [2.75, 3.05) is 25.0 Å². The Labute approximate surface area is 92.1 Å². The number of nitrogens with one attached hydrogen (secondary N) is 1. The molecule has 0 saturated carbocycles. The molecule has 0 aliphatic carbocycles. The van der Waals surface area contributed by atoms with E-state index in [-0.39, 0.29) is 11.7 Å². The van der Waals surface area contributed by atoms with Gasteiger partial charge in [0.05, 0.1) is 5.69 Å². The Kier molecular flexibility index (Phi) is 3.05. The molecule has 1 aliphatic rings. The molecule has 0 aromatic heterocycles. The Morgan fingerprint density at radius 2 is 1.88 bits per heavy atom. The van der Waals surface area contributed by atoms with E-state index in [0.29, 0.717) is 19.2 Å². The Morgan fingerprint density at radius 3 is 2.50 bits per heavy atom. The SMILES string of the molecule is CNC1CCN(c2cc(F)c(F)cc2F)C1. The highest BCUT2D eigenvalue weighted by atomic mass is 19.2. The van der Waals surface area contributed by atoms with Crippen LogP contribution >= 0.6 is 0 Å². The third-order valence-corrected chi connectivity index (χ3v) is 2.93. The average Bonchev–Trinajstić information content (AvgIpc) is 2.71. The first kappa shape index (κ1) is 11.3. The summed E-state index contributed by atoms with van der Waals surface area (Å²) in [4.78, 5) is 1.72. The first-order valence-electron chi connectivity index (χ1n) is 5.18. The summed E-state index contributed by atoms with van der Waals surface area (Å²) >= 11 is 0. The number of anilines is 1. The average molecular weight is 230 g/mol. The molecule has 0 radical (unpaired) electrons. The molecule has 2 nitrogen and oxygen atoms in total. The van der Waals surface area contributed by atoms with E-state index in [4.69, 9.17) is 0 Å². The molecule has 1 atom stereocenters. The van der Waals surface area contributed by atoms with Gasteiger partial charge >= 0.3 is 0 Å². The molecule has 0 bridgehead atoms. The van der Waals surface area contributed by atoms with Gasteiger partial charge in [-0.25, -0.2) is 13.2 Å². The molecule has 1 N–H and O–H groups in total. The molecule has 1 unspecified atom stereocenters. The standard InChI is InChI=1S/C11H13F3N2/c1-15-7-2-3-16(6-7)11-5-9(13)8(12)4-10(11)14/h4-5,7,15H,2-3,6H2,1H3. The predicted molar refractivity (Wildman–Crippen MR) is 56.0 cm³/mol. The van der Waals surface area contributed by atoms with Crippen molar-refractivity contribution < 1.29 is 13.2 Å². The van der Waals surface area contributed by atoms with E-state index in [2.05, 4.69) is 5.32 Å². The van der Waals surface area contributed by atoms with Crippen molar-refractivity contribution in [1.82, 2.24) is 5.32 Å². The van der Waals surface area contributed by atoms with Crippen LogP contribution in [-0.4, -0.2) is 26.2 Å². The van der Waals surface area contributed by atoms with Crippen molar-refractivity contribution >= 4 is 5.69 Å². The molecule has 5 heteroatoms. The van der Waals surface area contributed by atoms with Gasteiger partial charge in [0, 0.05) is 31.3 Å². The fourth-order valence-corrected chi connectivity index (χ4v) is 1.97. The topological polar surface area (TPSA) is 15.3 Å². The van der Waals surface area contributed by atoms with E-state index in [9.17, 15) is 13.2 Å². The van der Waals surface area contributed by atoms with Crippen LogP contribution in [0.25, 0.3) is 0 Å². The van der Waals surface area contributed by atoms with Crippen LogP contribution in [0.2, 0.25) is 0 Å².